The first-order valence-corrected chi connectivity index (χ1v) is 6.05. The molecule has 0 saturated carbocycles. The average Bonchev–Trinajstić information content (AvgIpc) is 2.47. The van der Waals surface area contributed by atoms with Crippen molar-refractivity contribution in [1.82, 2.24) is 0 Å². The van der Waals surface area contributed by atoms with Gasteiger partial charge in [-0.3, -0.25) is 4.99 Å². The Morgan fingerprint density at radius 3 is 2.64 bits per heavy atom. The number of allylic oxidation sites excluding steroid dienone is 2. The number of thioether (sulfide) groups is 1. The summed E-state index contributed by atoms with van der Waals surface area (Å²) < 4.78 is 0. The van der Waals surface area contributed by atoms with Crippen molar-refractivity contribution in [3.05, 3.63) is 22.1 Å². The Balaban J connectivity index is 3.10. The van der Waals surface area contributed by atoms with Crippen LogP contribution >= 0.6 is 11.8 Å². The maximum absolute atomic E-state index is 4.53. The lowest BCUT2D eigenvalue weighted by Crippen LogP contribution is -2.02. The van der Waals surface area contributed by atoms with Crippen LogP contribution in [0.2, 0.25) is 0 Å². The van der Waals surface area contributed by atoms with Crippen molar-refractivity contribution in [3.8, 4) is 0 Å². The van der Waals surface area contributed by atoms with Crippen LogP contribution in [0.15, 0.2) is 27.1 Å². The van der Waals surface area contributed by atoms with E-state index in [-0.39, 0.29) is 0 Å². The van der Waals surface area contributed by atoms with E-state index in [9.17, 15) is 0 Å². The average molecular weight is 209 g/mol. The second-order valence-corrected chi connectivity index (χ2v) is 4.77. The van der Waals surface area contributed by atoms with Gasteiger partial charge >= 0.3 is 0 Å². The summed E-state index contributed by atoms with van der Waals surface area (Å²) in [6.07, 6.45) is 0. The smallest absolute Gasteiger partial charge is 0.102 e. The molecule has 0 aliphatic carbocycles. The summed E-state index contributed by atoms with van der Waals surface area (Å²) in [6, 6.07) is 0. The van der Waals surface area contributed by atoms with Crippen molar-refractivity contribution < 1.29 is 0 Å². The van der Waals surface area contributed by atoms with Gasteiger partial charge in [0.2, 0.25) is 0 Å². The van der Waals surface area contributed by atoms with Crippen LogP contribution in [0, 0.1) is 5.92 Å². The van der Waals surface area contributed by atoms with Crippen LogP contribution < -0.4 is 0 Å². The van der Waals surface area contributed by atoms with Crippen LogP contribution in [0.1, 0.15) is 34.6 Å². The zero-order valence-corrected chi connectivity index (χ0v) is 10.5. The minimum atomic E-state index is 0.606. The van der Waals surface area contributed by atoms with E-state index in [2.05, 4.69) is 45.0 Å². The lowest BCUT2D eigenvalue weighted by molar-refractivity contribution is 0.764. The van der Waals surface area contributed by atoms with Gasteiger partial charge in [0.15, 0.2) is 0 Å². The zero-order valence-electron chi connectivity index (χ0n) is 9.72. The summed E-state index contributed by atoms with van der Waals surface area (Å²) in [5, 5.41) is 3.41. The Morgan fingerprint density at radius 2 is 2.14 bits per heavy atom. The maximum atomic E-state index is 4.53. The first-order valence-electron chi connectivity index (χ1n) is 5.17. The molecule has 0 fully saturated rings. The highest BCUT2D eigenvalue weighted by Crippen LogP contribution is 2.34. The molecule has 0 aromatic carbocycles. The molecule has 2 heteroatoms. The van der Waals surface area contributed by atoms with Gasteiger partial charge in [-0.1, -0.05) is 31.2 Å². The molecule has 0 spiro atoms. The zero-order chi connectivity index (χ0) is 10.7. The molecule has 1 aliphatic rings. The minimum absolute atomic E-state index is 0.606. The van der Waals surface area contributed by atoms with Crippen molar-refractivity contribution in [2.75, 3.05) is 6.54 Å². The molecular formula is C12H19NS. The SMILES string of the molecule is CCN=C1SC=C(C)/C1=C(/C)C(C)C. The van der Waals surface area contributed by atoms with Crippen LogP contribution in [-0.2, 0) is 0 Å². The van der Waals surface area contributed by atoms with E-state index in [1.807, 2.05) is 0 Å². The summed E-state index contributed by atoms with van der Waals surface area (Å²) in [7, 11) is 0. The fraction of sp³-hybridized carbons (Fsp3) is 0.583. The van der Waals surface area contributed by atoms with E-state index in [1.54, 1.807) is 11.8 Å². The Hall–Kier alpha value is -0.500. The van der Waals surface area contributed by atoms with E-state index in [0.29, 0.717) is 5.92 Å². The molecule has 0 saturated heterocycles. The molecule has 1 aliphatic heterocycles. The second kappa shape index (κ2) is 4.83. The van der Waals surface area contributed by atoms with E-state index in [1.165, 1.54) is 21.8 Å². The highest BCUT2D eigenvalue weighted by atomic mass is 32.2. The van der Waals surface area contributed by atoms with Gasteiger partial charge in [0.05, 0.1) is 0 Å². The minimum Gasteiger partial charge on any atom is -0.278 e. The third kappa shape index (κ3) is 2.30. The van der Waals surface area contributed by atoms with Gasteiger partial charge in [0.1, 0.15) is 5.04 Å². The molecule has 1 heterocycles. The molecule has 0 amide bonds. The molecule has 0 N–H and O–H groups in total. The number of hydrogen-bond acceptors (Lipinski definition) is 2. The van der Waals surface area contributed by atoms with Gasteiger partial charge in [-0.05, 0) is 37.7 Å². The highest BCUT2D eigenvalue weighted by molar-refractivity contribution is 8.17. The molecule has 1 rings (SSSR count). The fourth-order valence-electron chi connectivity index (χ4n) is 1.46. The first-order chi connectivity index (χ1) is 6.57. The third-order valence-electron chi connectivity index (χ3n) is 2.52. The lowest BCUT2D eigenvalue weighted by Gasteiger charge is -2.11. The Morgan fingerprint density at radius 1 is 1.50 bits per heavy atom. The summed E-state index contributed by atoms with van der Waals surface area (Å²) in [6.45, 7) is 11.8. The van der Waals surface area contributed by atoms with Gasteiger partial charge in [-0.15, -0.1) is 0 Å². The number of aliphatic imine (C=N–C) groups is 1. The van der Waals surface area contributed by atoms with Crippen molar-refractivity contribution in [1.29, 1.82) is 0 Å². The molecular weight excluding hydrogens is 190 g/mol. The van der Waals surface area contributed by atoms with Gasteiger partial charge < -0.3 is 0 Å². The van der Waals surface area contributed by atoms with Crippen LogP contribution in [0.3, 0.4) is 0 Å². The summed E-state index contributed by atoms with van der Waals surface area (Å²) in [4.78, 5) is 4.53. The normalized spacial score (nSPS) is 23.3. The standard InChI is InChI=1S/C12H19NS/c1-6-13-12-11(9(4)7-14-12)10(5)8(2)3/h7-8H,6H2,1-5H3/b11-10+,13-12?. The molecule has 0 aromatic heterocycles. The van der Waals surface area contributed by atoms with Crippen LogP contribution in [-0.4, -0.2) is 11.6 Å². The van der Waals surface area contributed by atoms with E-state index < -0.39 is 0 Å². The molecule has 14 heavy (non-hydrogen) atoms. The van der Waals surface area contributed by atoms with Crippen LogP contribution in [0.5, 0.6) is 0 Å². The van der Waals surface area contributed by atoms with Crippen molar-refractivity contribution in [3.63, 3.8) is 0 Å². The number of hydrogen-bond donors (Lipinski definition) is 0. The fourth-order valence-corrected chi connectivity index (χ4v) is 2.51. The predicted molar refractivity (Wildman–Crippen MR) is 66.9 cm³/mol. The van der Waals surface area contributed by atoms with Crippen LogP contribution in [0.25, 0.3) is 0 Å². The van der Waals surface area contributed by atoms with E-state index >= 15 is 0 Å². The van der Waals surface area contributed by atoms with Crippen molar-refractivity contribution in [2.24, 2.45) is 10.9 Å². The molecule has 0 aromatic rings. The predicted octanol–water partition coefficient (Wildman–Crippen LogP) is 4.03. The molecule has 0 unspecified atom stereocenters. The summed E-state index contributed by atoms with van der Waals surface area (Å²) in [5.41, 5.74) is 4.20. The largest absolute Gasteiger partial charge is 0.278 e. The van der Waals surface area contributed by atoms with Gasteiger partial charge in [0.25, 0.3) is 0 Å². The number of rotatable bonds is 2. The second-order valence-electron chi connectivity index (χ2n) is 3.91. The summed E-state index contributed by atoms with van der Waals surface area (Å²) >= 11 is 1.76. The van der Waals surface area contributed by atoms with Gasteiger partial charge in [-0.25, -0.2) is 0 Å². The Bertz CT molecular complexity index is 308. The molecule has 0 atom stereocenters. The summed E-state index contributed by atoms with van der Waals surface area (Å²) in [5.74, 6) is 0.606. The number of nitrogens with zero attached hydrogens (tertiary/aromatic N) is 1. The first kappa shape index (κ1) is 11.6. The monoisotopic (exact) mass is 209 g/mol. The third-order valence-corrected chi connectivity index (χ3v) is 3.55. The lowest BCUT2D eigenvalue weighted by atomic mass is 9.96. The molecule has 0 radical (unpaired) electrons. The van der Waals surface area contributed by atoms with Crippen molar-refractivity contribution in [2.45, 2.75) is 34.6 Å². The Kier molecular flexibility index (Phi) is 3.99. The molecule has 0 bridgehead atoms. The molecule has 78 valence electrons. The van der Waals surface area contributed by atoms with Gasteiger partial charge in [0, 0.05) is 12.1 Å². The van der Waals surface area contributed by atoms with Crippen molar-refractivity contribution >= 4 is 16.8 Å². The quantitative estimate of drug-likeness (QED) is 0.669. The van der Waals surface area contributed by atoms with Crippen LogP contribution in [0.4, 0.5) is 0 Å². The maximum Gasteiger partial charge on any atom is 0.102 e. The van der Waals surface area contributed by atoms with E-state index in [4.69, 9.17) is 0 Å². The highest BCUT2D eigenvalue weighted by Gasteiger charge is 2.19. The van der Waals surface area contributed by atoms with Gasteiger partial charge in [-0.2, -0.15) is 0 Å². The van der Waals surface area contributed by atoms with E-state index in [0.717, 1.165) is 6.54 Å². The topological polar surface area (TPSA) is 12.4 Å². The molecule has 1 nitrogen and oxygen atoms in total. The Labute approximate surface area is 91.4 Å².